The number of ether oxygens (including phenoxy) is 2. The van der Waals surface area contributed by atoms with E-state index in [0.29, 0.717) is 16.5 Å². The van der Waals surface area contributed by atoms with Crippen molar-refractivity contribution in [3.05, 3.63) is 28.1 Å². The number of rotatable bonds is 6. The largest absolute Gasteiger partial charge is 0.464 e. The van der Waals surface area contributed by atoms with Crippen LogP contribution in [0, 0.1) is 5.82 Å². The van der Waals surface area contributed by atoms with E-state index < -0.39 is 19.9 Å². The summed E-state index contributed by atoms with van der Waals surface area (Å²) in [6.45, 7) is 7.44. The average Bonchev–Trinajstić information content (AvgIpc) is 2.85. The normalized spacial score (nSPS) is 11.9. The molecule has 8 heteroatoms. The smallest absolute Gasteiger partial charge is 0.359 e. The van der Waals surface area contributed by atoms with E-state index in [0.717, 1.165) is 6.04 Å². The summed E-state index contributed by atoms with van der Waals surface area (Å²) in [5, 5.41) is 4.57. The molecule has 0 aliphatic rings. The highest BCUT2D eigenvalue weighted by Gasteiger charge is 2.22. The standard InChI is InChI=1S/C15H20BrFN2O3Si/c1-21-15(20)13-10-5-6-11(16)12(17)14(10)19(18-13)9-22-7-8-23(2,3)4/h5-6H,7-9H2,1-4H3. The van der Waals surface area contributed by atoms with Gasteiger partial charge in [-0.05, 0) is 34.1 Å². The van der Waals surface area contributed by atoms with Gasteiger partial charge in [0.1, 0.15) is 12.2 Å². The number of esters is 1. The number of nitrogens with zero attached hydrogens (tertiary/aromatic N) is 2. The first-order valence-electron chi connectivity index (χ1n) is 7.25. The Bertz CT molecular complexity index is 728. The summed E-state index contributed by atoms with van der Waals surface area (Å²) in [5.74, 6) is -1.07. The van der Waals surface area contributed by atoms with Gasteiger partial charge in [0, 0.05) is 20.1 Å². The van der Waals surface area contributed by atoms with E-state index in [1.807, 2.05) is 0 Å². The molecule has 1 heterocycles. The van der Waals surface area contributed by atoms with E-state index in [-0.39, 0.29) is 17.9 Å². The molecule has 0 N–H and O–H groups in total. The lowest BCUT2D eigenvalue weighted by molar-refractivity contribution is 0.0585. The van der Waals surface area contributed by atoms with Crippen LogP contribution >= 0.6 is 15.9 Å². The zero-order chi connectivity index (χ0) is 17.2. The number of hydrogen-bond donors (Lipinski definition) is 0. The van der Waals surface area contributed by atoms with Crippen molar-refractivity contribution in [2.75, 3.05) is 13.7 Å². The fourth-order valence-corrected chi connectivity index (χ4v) is 3.15. The van der Waals surface area contributed by atoms with E-state index in [1.165, 1.54) is 11.8 Å². The third-order valence-corrected chi connectivity index (χ3v) is 5.71. The molecule has 0 unspecified atom stereocenters. The van der Waals surface area contributed by atoms with Crippen LogP contribution in [0.1, 0.15) is 10.5 Å². The summed E-state index contributed by atoms with van der Waals surface area (Å²) in [6.07, 6.45) is 0. The van der Waals surface area contributed by atoms with Gasteiger partial charge in [0.2, 0.25) is 0 Å². The minimum atomic E-state index is -1.20. The minimum absolute atomic E-state index is 0.0858. The molecule has 0 spiro atoms. The number of hydrogen-bond acceptors (Lipinski definition) is 4. The van der Waals surface area contributed by atoms with Gasteiger partial charge in [0.15, 0.2) is 11.5 Å². The maximum absolute atomic E-state index is 14.4. The summed E-state index contributed by atoms with van der Waals surface area (Å²) in [5.41, 5.74) is 0.315. The molecule has 0 atom stereocenters. The Morgan fingerprint density at radius 1 is 1.39 bits per heavy atom. The van der Waals surface area contributed by atoms with Crippen molar-refractivity contribution in [1.29, 1.82) is 0 Å². The lowest BCUT2D eigenvalue weighted by Gasteiger charge is -2.15. The van der Waals surface area contributed by atoms with Crippen molar-refractivity contribution in [3.8, 4) is 0 Å². The van der Waals surface area contributed by atoms with Gasteiger partial charge in [-0.15, -0.1) is 0 Å². The van der Waals surface area contributed by atoms with Crippen LogP contribution in [0.5, 0.6) is 0 Å². The lowest BCUT2D eigenvalue weighted by atomic mass is 10.2. The molecule has 0 radical (unpaired) electrons. The predicted octanol–water partition coefficient (Wildman–Crippen LogP) is 4.04. The van der Waals surface area contributed by atoms with Crippen molar-refractivity contribution in [2.24, 2.45) is 0 Å². The number of aromatic nitrogens is 2. The van der Waals surface area contributed by atoms with Crippen LogP contribution in [0.4, 0.5) is 4.39 Å². The fourth-order valence-electron chi connectivity index (χ4n) is 2.08. The SMILES string of the molecule is COC(=O)c1nn(COCC[Si](C)(C)C)c2c(F)c(Br)ccc12. The van der Waals surface area contributed by atoms with E-state index in [1.54, 1.807) is 12.1 Å². The first kappa shape index (κ1) is 18.1. The van der Waals surface area contributed by atoms with Crippen molar-refractivity contribution < 1.29 is 18.7 Å². The first-order valence-corrected chi connectivity index (χ1v) is 11.7. The Hall–Kier alpha value is -1.25. The van der Waals surface area contributed by atoms with Gasteiger partial charge >= 0.3 is 5.97 Å². The van der Waals surface area contributed by atoms with Gasteiger partial charge in [-0.2, -0.15) is 5.10 Å². The molecular weight excluding hydrogens is 383 g/mol. The molecule has 0 saturated heterocycles. The van der Waals surface area contributed by atoms with Crippen LogP contribution in [0.25, 0.3) is 10.9 Å². The Kier molecular flexibility index (Phi) is 5.59. The van der Waals surface area contributed by atoms with Gasteiger partial charge in [0.25, 0.3) is 0 Å². The Morgan fingerprint density at radius 2 is 2.09 bits per heavy atom. The Balaban J connectivity index is 2.31. The molecule has 1 aromatic heterocycles. The Labute approximate surface area is 143 Å². The molecule has 5 nitrogen and oxygen atoms in total. The highest BCUT2D eigenvalue weighted by Crippen LogP contribution is 2.27. The van der Waals surface area contributed by atoms with E-state index >= 15 is 0 Å². The number of fused-ring (bicyclic) bond motifs is 1. The molecule has 0 bridgehead atoms. The molecule has 2 rings (SSSR count). The third-order valence-electron chi connectivity index (χ3n) is 3.39. The minimum Gasteiger partial charge on any atom is -0.464 e. The molecule has 0 aliphatic heterocycles. The third kappa shape index (κ3) is 4.18. The number of halogens is 2. The molecule has 1 aromatic carbocycles. The van der Waals surface area contributed by atoms with E-state index in [2.05, 4.69) is 40.7 Å². The second-order valence-electron chi connectivity index (χ2n) is 6.45. The molecule has 0 amide bonds. The topological polar surface area (TPSA) is 53.3 Å². The molecule has 126 valence electrons. The maximum Gasteiger partial charge on any atom is 0.359 e. The number of carbonyl (C=O) groups is 1. The summed E-state index contributed by atoms with van der Waals surface area (Å²) in [7, 11) is 0.0729. The molecule has 2 aromatic rings. The van der Waals surface area contributed by atoms with Gasteiger partial charge in [-0.3, -0.25) is 0 Å². The highest BCUT2D eigenvalue weighted by molar-refractivity contribution is 9.10. The van der Waals surface area contributed by atoms with Crippen LogP contribution in [0.2, 0.25) is 25.7 Å². The second-order valence-corrected chi connectivity index (χ2v) is 12.9. The maximum atomic E-state index is 14.4. The Morgan fingerprint density at radius 3 is 2.70 bits per heavy atom. The van der Waals surface area contributed by atoms with Crippen molar-refractivity contribution in [3.63, 3.8) is 0 Å². The quantitative estimate of drug-likeness (QED) is 0.415. The highest BCUT2D eigenvalue weighted by atomic mass is 79.9. The van der Waals surface area contributed by atoms with Gasteiger partial charge in [0.05, 0.1) is 11.6 Å². The van der Waals surface area contributed by atoms with E-state index in [4.69, 9.17) is 9.47 Å². The summed E-state index contributed by atoms with van der Waals surface area (Å²) in [6, 6.07) is 4.19. The zero-order valence-corrected chi connectivity index (χ0v) is 16.2. The van der Waals surface area contributed by atoms with Crippen LogP contribution in [0.15, 0.2) is 16.6 Å². The average molecular weight is 403 g/mol. The second kappa shape index (κ2) is 7.10. The van der Waals surface area contributed by atoms with Crippen LogP contribution in [-0.2, 0) is 16.2 Å². The molecule has 0 saturated carbocycles. The molecule has 0 aliphatic carbocycles. The van der Waals surface area contributed by atoms with Crippen LogP contribution in [-0.4, -0.2) is 37.5 Å². The monoisotopic (exact) mass is 402 g/mol. The molecular formula is C15H20BrFN2O3Si. The zero-order valence-electron chi connectivity index (χ0n) is 13.7. The number of methoxy groups -OCH3 is 1. The fraction of sp³-hybridized carbons (Fsp3) is 0.467. The van der Waals surface area contributed by atoms with Crippen molar-refractivity contribution in [1.82, 2.24) is 9.78 Å². The van der Waals surface area contributed by atoms with Gasteiger partial charge in [-0.1, -0.05) is 19.6 Å². The molecule has 0 fully saturated rings. The molecule has 23 heavy (non-hydrogen) atoms. The van der Waals surface area contributed by atoms with Gasteiger partial charge in [-0.25, -0.2) is 13.9 Å². The van der Waals surface area contributed by atoms with Gasteiger partial charge < -0.3 is 9.47 Å². The first-order chi connectivity index (χ1) is 10.7. The summed E-state index contributed by atoms with van der Waals surface area (Å²) in [4.78, 5) is 11.8. The summed E-state index contributed by atoms with van der Waals surface area (Å²) >= 11 is 3.15. The number of carbonyl (C=O) groups excluding carboxylic acids is 1. The van der Waals surface area contributed by atoms with Crippen LogP contribution in [0.3, 0.4) is 0 Å². The summed E-state index contributed by atoms with van der Waals surface area (Å²) < 4.78 is 26.4. The van der Waals surface area contributed by atoms with Crippen molar-refractivity contribution in [2.45, 2.75) is 32.4 Å². The van der Waals surface area contributed by atoms with Crippen molar-refractivity contribution >= 4 is 40.9 Å². The number of benzene rings is 1. The van der Waals surface area contributed by atoms with E-state index in [9.17, 15) is 9.18 Å². The van der Waals surface area contributed by atoms with Crippen LogP contribution < -0.4 is 0 Å². The lowest BCUT2D eigenvalue weighted by Crippen LogP contribution is -2.22. The predicted molar refractivity (Wildman–Crippen MR) is 92.8 cm³/mol.